The summed E-state index contributed by atoms with van der Waals surface area (Å²) in [4.78, 5) is 39.4. The molecule has 1 N–H and O–H groups in total. The maximum absolute atomic E-state index is 12.9. The first-order chi connectivity index (χ1) is 16.4. The maximum atomic E-state index is 12.9. The average Bonchev–Trinajstić information content (AvgIpc) is 3.20. The summed E-state index contributed by atoms with van der Waals surface area (Å²) < 4.78 is 26.5. The summed E-state index contributed by atoms with van der Waals surface area (Å²) >= 11 is 1.37. The summed E-state index contributed by atoms with van der Waals surface area (Å²) in [6.07, 6.45) is 2.49. The summed E-state index contributed by atoms with van der Waals surface area (Å²) in [7, 11) is 4.28. The molecular weight excluding hydrogens is 462 g/mol. The van der Waals surface area contributed by atoms with Gasteiger partial charge in [-0.25, -0.2) is 9.59 Å². The lowest BCUT2D eigenvalue weighted by Crippen LogP contribution is -2.30. The minimum Gasteiger partial charge on any atom is -0.493 e. The van der Waals surface area contributed by atoms with Gasteiger partial charge in [0.25, 0.3) is 5.91 Å². The third kappa shape index (κ3) is 5.11. The number of hydrogen-bond acceptors (Lipinski definition) is 9. The number of anilines is 1. The molecule has 1 heterocycles. The number of rotatable bonds is 9. The van der Waals surface area contributed by atoms with E-state index in [0.29, 0.717) is 16.3 Å². The lowest BCUT2D eigenvalue weighted by atomic mass is 9.95. The van der Waals surface area contributed by atoms with Gasteiger partial charge in [0.05, 0.1) is 33.5 Å². The van der Waals surface area contributed by atoms with E-state index in [1.54, 1.807) is 13.0 Å². The number of esters is 2. The largest absolute Gasteiger partial charge is 0.493 e. The van der Waals surface area contributed by atoms with E-state index in [-0.39, 0.29) is 23.7 Å². The number of carbonyl (C=O) groups is 3. The van der Waals surface area contributed by atoms with Crippen molar-refractivity contribution in [1.29, 1.82) is 0 Å². The summed E-state index contributed by atoms with van der Waals surface area (Å²) in [5.74, 6) is -1.03. The molecule has 184 valence electrons. The first-order valence-corrected chi connectivity index (χ1v) is 11.8. The van der Waals surface area contributed by atoms with Crippen molar-refractivity contribution >= 4 is 34.2 Å². The number of fused-ring (bicyclic) bond motifs is 1. The standard InChI is InChI=1S/C24H29NO8S/c1-6-32-24(28)18-14-9-7-8-10-17(14)34-22(18)25-21(26)13(2)33-23(27)15-11-12-16(29-3)20(31-5)19(15)30-4/h11-13H,6-10H2,1-5H3,(H,25,26). The van der Waals surface area contributed by atoms with E-state index in [4.69, 9.17) is 23.7 Å². The normalized spacial score (nSPS) is 13.3. The van der Waals surface area contributed by atoms with Crippen molar-refractivity contribution in [1.82, 2.24) is 0 Å². The molecule has 0 saturated carbocycles. The van der Waals surface area contributed by atoms with Crippen molar-refractivity contribution < 1.29 is 38.1 Å². The second-order valence-electron chi connectivity index (χ2n) is 7.55. The Morgan fingerprint density at radius 1 is 1.00 bits per heavy atom. The quantitative estimate of drug-likeness (QED) is 0.524. The second-order valence-corrected chi connectivity index (χ2v) is 8.66. The number of carbonyl (C=O) groups excluding carboxylic acids is 3. The van der Waals surface area contributed by atoms with Gasteiger partial charge in [0.15, 0.2) is 17.6 Å². The predicted octanol–water partition coefficient (Wildman–Crippen LogP) is 4.01. The van der Waals surface area contributed by atoms with E-state index in [1.165, 1.54) is 45.7 Å². The first kappa shape index (κ1) is 25.4. The smallest absolute Gasteiger partial charge is 0.342 e. The van der Waals surface area contributed by atoms with Gasteiger partial charge in [0.2, 0.25) is 5.75 Å². The zero-order valence-electron chi connectivity index (χ0n) is 19.9. The lowest BCUT2D eigenvalue weighted by Gasteiger charge is -2.17. The van der Waals surface area contributed by atoms with Gasteiger partial charge in [0.1, 0.15) is 10.6 Å². The molecule has 1 atom stereocenters. The summed E-state index contributed by atoms with van der Waals surface area (Å²) in [5, 5.41) is 3.18. The average molecular weight is 492 g/mol. The SMILES string of the molecule is CCOC(=O)c1c(NC(=O)C(C)OC(=O)c2ccc(OC)c(OC)c2OC)sc2c1CCCC2. The van der Waals surface area contributed by atoms with Crippen molar-refractivity contribution in [3.05, 3.63) is 33.7 Å². The highest BCUT2D eigenvalue weighted by Gasteiger charge is 2.30. The van der Waals surface area contributed by atoms with Gasteiger partial charge < -0.3 is 29.0 Å². The van der Waals surface area contributed by atoms with Gasteiger partial charge in [-0.15, -0.1) is 11.3 Å². The molecule has 1 unspecified atom stereocenters. The maximum Gasteiger partial charge on any atom is 0.342 e. The van der Waals surface area contributed by atoms with Crippen molar-refractivity contribution in [3.63, 3.8) is 0 Å². The Hall–Kier alpha value is -3.27. The highest BCUT2D eigenvalue weighted by atomic mass is 32.1. The van der Waals surface area contributed by atoms with Crippen LogP contribution in [0.1, 0.15) is 57.8 Å². The van der Waals surface area contributed by atoms with Gasteiger partial charge in [-0.1, -0.05) is 0 Å². The number of methoxy groups -OCH3 is 3. The van der Waals surface area contributed by atoms with Crippen LogP contribution in [0, 0.1) is 0 Å². The Morgan fingerprint density at radius 2 is 1.71 bits per heavy atom. The van der Waals surface area contributed by atoms with Crippen molar-refractivity contribution in [2.24, 2.45) is 0 Å². The van der Waals surface area contributed by atoms with Crippen molar-refractivity contribution in [2.45, 2.75) is 45.6 Å². The number of hydrogen-bond donors (Lipinski definition) is 1. The number of aryl methyl sites for hydroxylation is 1. The Labute approximate surface area is 202 Å². The number of benzene rings is 1. The molecule has 0 fully saturated rings. The van der Waals surface area contributed by atoms with Crippen LogP contribution in [0.25, 0.3) is 0 Å². The van der Waals surface area contributed by atoms with Crippen LogP contribution in [0.2, 0.25) is 0 Å². The van der Waals surface area contributed by atoms with Crippen LogP contribution in [0.3, 0.4) is 0 Å². The topological polar surface area (TPSA) is 109 Å². The molecule has 1 amide bonds. The zero-order valence-corrected chi connectivity index (χ0v) is 20.8. The Morgan fingerprint density at radius 3 is 2.35 bits per heavy atom. The summed E-state index contributed by atoms with van der Waals surface area (Å²) in [6, 6.07) is 3.02. The molecule has 0 bridgehead atoms. The number of nitrogens with one attached hydrogen (secondary N) is 1. The number of ether oxygens (including phenoxy) is 5. The molecule has 1 aromatic heterocycles. The van der Waals surface area contributed by atoms with Crippen molar-refractivity contribution in [3.8, 4) is 17.2 Å². The van der Waals surface area contributed by atoms with Gasteiger partial charge in [0, 0.05) is 4.88 Å². The molecule has 1 aliphatic rings. The summed E-state index contributed by atoms with van der Waals surface area (Å²) in [5.41, 5.74) is 1.42. The van der Waals surface area contributed by atoms with Crippen molar-refractivity contribution in [2.75, 3.05) is 33.3 Å². The van der Waals surface area contributed by atoms with Gasteiger partial charge >= 0.3 is 11.9 Å². The fourth-order valence-electron chi connectivity index (χ4n) is 3.83. The molecular formula is C24H29NO8S. The number of amides is 1. The number of thiophene rings is 1. The molecule has 2 aromatic rings. The minimum absolute atomic E-state index is 0.0820. The molecule has 0 aliphatic heterocycles. The van der Waals surface area contributed by atoms with E-state index in [1.807, 2.05) is 0 Å². The van der Waals surface area contributed by atoms with Gasteiger partial charge in [-0.3, -0.25) is 4.79 Å². The van der Waals surface area contributed by atoms with E-state index >= 15 is 0 Å². The molecule has 34 heavy (non-hydrogen) atoms. The molecule has 3 rings (SSSR count). The van der Waals surface area contributed by atoms with Crippen LogP contribution >= 0.6 is 11.3 Å². The van der Waals surface area contributed by atoms with E-state index < -0.39 is 23.9 Å². The highest BCUT2D eigenvalue weighted by Crippen LogP contribution is 2.41. The van der Waals surface area contributed by atoms with Crippen LogP contribution in [-0.4, -0.2) is 51.9 Å². The molecule has 0 radical (unpaired) electrons. The Kier molecular flexibility index (Phi) is 8.38. The van der Waals surface area contributed by atoms with E-state index in [2.05, 4.69) is 5.32 Å². The zero-order chi connectivity index (χ0) is 24.8. The molecule has 0 saturated heterocycles. The lowest BCUT2D eigenvalue weighted by molar-refractivity contribution is -0.123. The molecule has 9 nitrogen and oxygen atoms in total. The second kappa shape index (κ2) is 11.2. The van der Waals surface area contributed by atoms with Crippen LogP contribution in [0.5, 0.6) is 17.2 Å². The Bertz CT molecular complexity index is 1080. The van der Waals surface area contributed by atoms with E-state index in [0.717, 1.165) is 36.1 Å². The third-order valence-corrected chi connectivity index (χ3v) is 6.67. The van der Waals surface area contributed by atoms with Gasteiger partial charge in [-0.05, 0) is 57.2 Å². The molecule has 1 aliphatic carbocycles. The minimum atomic E-state index is -1.14. The monoisotopic (exact) mass is 491 g/mol. The predicted molar refractivity (Wildman–Crippen MR) is 127 cm³/mol. The van der Waals surface area contributed by atoms with Crippen LogP contribution in [0.15, 0.2) is 12.1 Å². The van der Waals surface area contributed by atoms with Gasteiger partial charge in [-0.2, -0.15) is 0 Å². The highest BCUT2D eigenvalue weighted by molar-refractivity contribution is 7.17. The Balaban J connectivity index is 1.79. The molecule has 1 aromatic carbocycles. The molecule has 0 spiro atoms. The van der Waals surface area contributed by atoms with Crippen LogP contribution < -0.4 is 19.5 Å². The fraction of sp³-hybridized carbons (Fsp3) is 0.458. The molecule has 10 heteroatoms. The van der Waals surface area contributed by atoms with Crippen LogP contribution in [-0.2, 0) is 27.1 Å². The van der Waals surface area contributed by atoms with E-state index in [9.17, 15) is 14.4 Å². The fourth-order valence-corrected chi connectivity index (χ4v) is 5.11. The van der Waals surface area contributed by atoms with Crippen LogP contribution in [0.4, 0.5) is 5.00 Å². The third-order valence-electron chi connectivity index (χ3n) is 5.46. The first-order valence-electron chi connectivity index (χ1n) is 11.0. The summed E-state index contributed by atoms with van der Waals surface area (Å²) in [6.45, 7) is 3.43.